The zero-order valence-corrected chi connectivity index (χ0v) is 16.7. The predicted molar refractivity (Wildman–Crippen MR) is 107 cm³/mol. The van der Waals surface area contributed by atoms with E-state index in [1.54, 1.807) is 30.4 Å². The van der Waals surface area contributed by atoms with E-state index in [1.165, 1.54) is 0 Å². The molecule has 1 aliphatic rings. The second-order valence-corrected chi connectivity index (χ2v) is 7.31. The van der Waals surface area contributed by atoms with E-state index in [-0.39, 0.29) is 18.1 Å². The first kappa shape index (κ1) is 19.5. The number of hydrogen-bond donors (Lipinski definition) is 1. The van der Waals surface area contributed by atoms with E-state index in [0.29, 0.717) is 24.9 Å². The van der Waals surface area contributed by atoms with Crippen LogP contribution in [0.3, 0.4) is 0 Å². The first-order chi connectivity index (χ1) is 14.2. The van der Waals surface area contributed by atoms with Crippen LogP contribution in [0.2, 0.25) is 0 Å². The molecule has 1 N–H and O–H groups in total. The van der Waals surface area contributed by atoms with Gasteiger partial charge in [0.1, 0.15) is 6.33 Å². The highest BCUT2D eigenvalue weighted by Crippen LogP contribution is 2.23. The van der Waals surface area contributed by atoms with Crippen LogP contribution in [0.5, 0.6) is 0 Å². The lowest BCUT2D eigenvalue weighted by atomic mass is 9.93. The van der Waals surface area contributed by atoms with E-state index in [2.05, 4.69) is 20.3 Å². The number of ether oxygens (including phenoxy) is 2. The maximum atomic E-state index is 13.1. The maximum absolute atomic E-state index is 13.1. The Morgan fingerprint density at radius 1 is 1.21 bits per heavy atom. The summed E-state index contributed by atoms with van der Waals surface area (Å²) in [5.74, 6) is 0.255. The topological polar surface area (TPSA) is 96.1 Å². The van der Waals surface area contributed by atoms with Gasteiger partial charge in [0.05, 0.1) is 30.4 Å². The number of aromatic nitrogens is 5. The van der Waals surface area contributed by atoms with Crippen LogP contribution in [-0.2, 0) is 16.5 Å². The van der Waals surface area contributed by atoms with Crippen molar-refractivity contribution < 1.29 is 14.3 Å². The molecule has 0 spiro atoms. The number of nitrogens with zero attached hydrogens (tertiary/aromatic N) is 5. The number of rotatable bonds is 7. The monoisotopic (exact) mass is 398 g/mol. The van der Waals surface area contributed by atoms with Gasteiger partial charge in [0.25, 0.3) is 5.91 Å². The molecule has 1 aliphatic carbocycles. The molecular weight excluding hydrogens is 372 g/mol. The number of methoxy groups -OCH3 is 1. The van der Waals surface area contributed by atoms with Gasteiger partial charge < -0.3 is 19.4 Å². The molecule has 1 saturated carbocycles. The molecule has 0 bridgehead atoms. The van der Waals surface area contributed by atoms with Gasteiger partial charge in [0.15, 0.2) is 5.69 Å². The van der Waals surface area contributed by atoms with Gasteiger partial charge in [-0.1, -0.05) is 0 Å². The van der Waals surface area contributed by atoms with E-state index < -0.39 is 0 Å². The summed E-state index contributed by atoms with van der Waals surface area (Å²) in [5.41, 5.74) is 1.83. The Balaban J connectivity index is 1.48. The van der Waals surface area contributed by atoms with Gasteiger partial charge >= 0.3 is 0 Å². The number of amides is 1. The Labute approximate surface area is 169 Å². The van der Waals surface area contributed by atoms with Gasteiger partial charge in [-0.05, 0) is 31.7 Å². The Morgan fingerprint density at radius 2 is 2.03 bits per heavy atom. The van der Waals surface area contributed by atoms with Gasteiger partial charge in [0, 0.05) is 38.8 Å². The minimum Gasteiger partial charge on any atom is -0.382 e. The highest BCUT2D eigenvalue weighted by molar-refractivity contribution is 6.03. The number of aryl methyl sites for hydroxylation is 1. The van der Waals surface area contributed by atoms with Gasteiger partial charge in [-0.2, -0.15) is 0 Å². The van der Waals surface area contributed by atoms with E-state index in [9.17, 15) is 4.79 Å². The van der Waals surface area contributed by atoms with Gasteiger partial charge in [-0.25, -0.2) is 15.0 Å². The molecule has 0 radical (unpaired) electrons. The molecule has 1 fully saturated rings. The van der Waals surface area contributed by atoms with Crippen molar-refractivity contribution in [3.05, 3.63) is 36.7 Å². The quantitative estimate of drug-likeness (QED) is 0.610. The second kappa shape index (κ2) is 8.71. The van der Waals surface area contributed by atoms with Crippen molar-refractivity contribution >= 4 is 16.9 Å². The normalized spacial score (nSPS) is 19.5. The summed E-state index contributed by atoms with van der Waals surface area (Å²) in [4.78, 5) is 26.3. The molecule has 3 aromatic rings. The highest BCUT2D eigenvalue weighted by atomic mass is 16.5. The van der Waals surface area contributed by atoms with Gasteiger partial charge in [-0.15, -0.1) is 0 Å². The van der Waals surface area contributed by atoms with E-state index in [0.717, 1.165) is 36.7 Å². The van der Waals surface area contributed by atoms with E-state index in [4.69, 9.17) is 9.47 Å². The average Bonchev–Trinajstić information content (AvgIpc) is 3.39. The first-order valence-corrected chi connectivity index (χ1v) is 9.88. The van der Waals surface area contributed by atoms with Crippen molar-refractivity contribution in [1.82, 2.24) is 29.4 Å². The Hall–Kier alpha value is -2.78. The number of fused-ring (bicyclic) bond motifs is 1. The number of carbonyl (C=O) groups is 1. The summed E-state index contributed by atoms with van der Waals surface area (Å²) < 4.78 is 14.4. The lowest BCUT2D eigenvalue weighted by Crippen LogP contribution is -2.39. The minimum atomic E-state index is -0.177. The standard InChI is InChI=1S/C20H26N6O3/c1-25-9-7-16-18(25)17(24-20(23-16)26-10-8-21-13-26)19(27)22-14-3-5-15(6-4-14)29-12-11-28-2/h7-10,13-15H,3-6,11-12H2,1-2H3,(H,22,27). The molecule has 4 rings (SSSR count). The summed E-state index contributed by atoms with van der Waals surface area (Å²) in [6.07, 6.45) is 10.8. The zero-order valence-electron chi connectivity index (χ0n) is 16.7. The molecule has 0 aliphatic heterocycles. The molecule has 0 unspecified atom stereocenters. The minimum absolute atomic E-state index is 0.117. The van der Waals surface area contributed by atoms with Crippen LogP contribution in [0.15, 0.2) is 31.0 Å². The van der Waals surface area contributed by atoms with Crippen LogP contribution in [0.4, 0.5) is 0 Å². The molecule has 0 atom stereocenters. The van der Waals surface area contributed by atoms with Crippen LogP contribution in [0.1, 0.15) is 36.2 Å². The van der Waals surface area contributed by atoms with Crippen LogP contribution in [0.25, 0.3) is 17.0 Å². The average molecular weight is 398 g/mol. The van der Waals surface area contributed by atoms with Crippen molar-refractivity contribution in [1.29, 1.82) is 0 Å². The van der Waals surface area contributed by atoms with Crippen LogP contribution in [0, 0.1) is 0 Å². The molecule has 3 heterocycles. The summed E-state index contributed by atoms with van der Waals surface area (Å²) in [6.45, 7) is 1.22. The Kier molecular flexibility index (Phi) is 5.86. The third kappa shape index (κ3) is 4.30. The Morgan fingerprint density at radius 3 is 2.76 bits per heavy atom. The van der Waals surface area contributed by atoms with Crippen LogP contribution >= 0.6 is 0 Å². The summed E-state index contributed by atoms with van der Waals surface area (Å²) in [7, 11) is 3.56. The maximum Gasteiger partial charge on any atom is 0.272 e. The third-order valence-electron chi connectivity index (χ3n) is 5.31. The molecular formula is C20H26N6O3. The number of nitrogens with one attached hydrogen (secondary N) is 1. The van der Waals surface area contributed by atoms with Crippen molar-refractivity contribution in [2.45, 2.75) is 37.8 Å². The largest absolute Gasteiger partial charge is 0.382 e. The molecule has 9 nitrogen and oxygen atoms in total. The van der Waals surface area contributed by atoms with Crippen molar-refractivity contribution in [2.24, 2.45) is 7.05 Å². The highest BCUT2D eigenvalue weighted by Gasteiger charge is 2.25. The molecule has 3 aromatic heterocycles. The molecule has 1 amide bonds. The second-order valence-electron chi connectivity index (χ2n) is 7.31. The van der Waals surface area contributed by atoms with Gasteiger partial charge in [-0.3, -0.25) is 9.36 Å². The number of hydrogen-bond acceptors (Lipinski definition) is 6. The fourth-order valence-corrected chi connectivity index (χ4v) is 3.76. The summed E-state index contributed by atoms with van der Waals surface area (Å²) >= 11 is 0. The van der Waals surface area contributed by atoms with Crippen LogP contribution in [-0.4, -0.2) is 62.5 Å². The lowest BCUT2D eigenvalue weighted by molar-refractivity contribution is -0.00409. The van der Waals surface area contributed by atoms with Gasteiger partial charge in [0.2, 0.25) is 5.95 Å². The smallest absolute Gasteiger partial charge is 0.272 e. The van der Waals surface area contributed by atoms with Crippen molar-refractivity contribution in [3.63, 3.8) is 0 Å². The predicted octanol–water partition coefficient (Wildman–Crippen LogP) is 1.86. The molecule has 0 saturated heterocycles. The fourth-order valence-electron chi connectivity index (χ4n) is 3.76. The summed E-state index contributed by atoms with van der Waals surface area (Å²) in [6, 6.07) is 2.00. The summed E-state index contributed by atoms with van der Waals surface area (Å²) in [5, 5.41) is 3.16. The molecule has 9 heteroatoms. The lowest BCUT2D eigenvalue weighted by Gasteiger charge is -2.29. The fraction of sp³-hybridized carbons (Fsp3) is 0.500. The zero-order chi connectivity index (χ0) is 20.2. The van der Waals surface area contributed by atoms with E-state index >= 15 is 0 Å². The number of carbonyl (C=O) groups excluding carboxylic acids is 1. The van der Waals surface area contributed by atoms with E-state index in [1.807, 2.05) is 23.9 Å². The SMILES string of the molecule is COCCOC1CCC(NC(=O)c2nc(-n3ccnc3)nc3ccn(C)c23)CC1. The van der Waals surface area contributed by atoms with Crippen LogP contribution < -0.4 is 5.32 Å². The number of imidazole rings is 1. The molecule has 29 heavy (non-hydrogen) atoms. The Bertz CT molecular complexity index is 960. The first-order valence-electron chi connectivity index (χ1n) is 9.88. The molecule has 154 valence electrons. The molecule has 0 aromatic carbocycles. The third-order valence-corrected chi connectivity index (χ3v) is 5.31. The van der Waals surface area contributed by atoms with Crippen molar-refractivity contribution in [2.75, 3.05) is 20.3 Å². The van der Waals surface area contributed by atoms with Crippen molar-refractivity contribution in [3.8, 4) is 5.95 Å².